The average molecular weight is 261 g/mol. The molecule has 3 nitrogen and oxygen atoms in total. The number of imidazole rings is 1. The molecule has 0 spiro atoms. The highest BCUT2D eigenvalue weighted by atomic mass is 32.1. The van der Waals surface area contributed by atoms with Crippen LogP contribution in [0.3, 0.4) is 0 Å². The van der Waals surface area contributed by atoms with Gasteiger partial charge in [-0.05, 0) is 43.8 Å². The number of piperidine rings is 1. The molecule has 0 aromatic carbocycles. The summed E-state index contributed by atoms with van der Waals surface area (Å²) in [5, 5.41) is 5.57. The van der Waals surface area contributed by atoms with Gasteiger partial charge >= 0.3 is 0 Å². The van der Waals surface area contributed by atoms with Gasteiger partial charge in [0.05, 0.1) is 6.33 Å². The van der Waals surface area contributed by atoms with E-state index in [0.717, 1.165) is 26.1 Å². The second-order valence-electron chi connectivity index (χ2n) is 4.87. The van der Waals surface area contributed by atoms with Gasteiger partial charge in [0.15, 0.2) is 0 Å². The summed E-state index contributed by atoms with van der Waals surface area (Å²) in [6.07, 6.45) is 7.65. The molecule has 96 valence electrons. The van der Waals surface area contributed by atoms with Crippen LogP contribution in [-0.4, -0.2) is 22.6 Å². The molecule has 18 heavy (non-hydrogen) atoms. The predicted octanol–water partition coefficient (Wildman–Crippen LogP) is 2.65. The van der Waals surface area contributed by atoms with Gasteiger partial charge in [-0.2, -0.15) is 0 Å². The van der Waals surface area contributed by atoms with Crippen molar-refractivity contribution in [1.82, 2.24) is 14.9 Å². The van der Waals surface area contributed by atoms with Crippen LogP contribution in [0.4, 0.5) is 0 Å². The fourth-order valence-electron chi connectivity index (χ4n) is 2.66. The number of nitrogens with zero attached hydrogens (tertiary/aromatic N) is 2. The van der Waals surface area contributed by atoms with E-state index >= 15 is 0 Å². The van der Waals surface area contributed by atoms with Crippen LogP contribution in [0.5, 0.6) is 0 Å². The minimum absolute atomic E-state index is 0.692. The molecule has 0 radical (unpaired) electrons. The summed E-state index contributed by atoms with van der Waals surface area (Å²) >= 11 is 1.84. The molecule has 0 aliphatic carbocycles. The first-order valence-corrected chi connectivity index (χ1v) is 7.54. The Morgan fingerprint density at radius 1 is 1.39 bits per heavy atom. The van der Waals surface area contributed by atoms with Crippen molar-refractivity contribution in [3.63, 3.8) is 0 Å². The van der Waals surface area contributed by atoms with Crippen molar-refractivity contribution in [2.75, 3.05) is 13.1 Å². The van der Waals surface area contributed by atoms with E-state index in [1.807, 2.05) is 17.7 Å². The maximum Gasteiger partial charge on any atom is 0.0948 e. The van der Waals surface area contributed by atoms with E-state index in [9.17, 15) is 0 Å². The fraction of sp³-hybridized carbons (Fsp3) is 0.500. The predicted molar refractivity (Wildman–Crippen MR) is 75.1 cm³/mol. The Morgan fingerprint density at radius 2 is 2.28 bits per heavy atom. The monoisotopic (exact) mass is 261 g/mol. The second kappa shape index (κ2) is 5.67. The second-order valence-corrected chi connectivity index (χ2v) is 5.90. The first-order chi connectivity index (χ1) is 8.93. The topological polar surface area (TPSA) is 29.9 Å². The lowest BCUT2D eigenvalue weighted by Crippen LogP contribution is -2.27. The Kier molecular flexibility index (Phi) is 3.76. The summed E-state index contributed by atoms with van der Waals surface area (Å²) in [7, 11) is 0. The molecule has 1 saturated heterocycles. The maximum absolute atomic E-state index is 4.34. The highest BCUT2D eigenvalue weighted by molar-refractivity contribution is 7.09. The standard InChI is InChI=1S/C14H19N3S/c1-2-13(18-9-1)5-8-17-11-16-10-14(17)12-3-6-15-7-4-12/h1-2,9-12,15H,3-8H2. The minimum atomic E-state index is 0.692. The van der Waals surface area contributed by atoms with Crippen molar-refractivity contribution in [2.45, 2.75) is 31.7 Å². The molecular formula is C14H19N3S. The lowest BCUT2D eigenvalue weighted by Gasteiger charge is -2.23. The summed E-state index contributed by atoms with van der Waals surface area (Å²) < 4.78 is 2.34. The molecule has 0 saturated carbocycles. The third-order valence-electron chi connectivity index (χ3n) is 3.68. The summed E-state index contributed by atoms with van der Waals surface area (Å²) in [6, 6.07) is 4.34. The number of hydrogen-bond donors (Lipinski definition) is 1. The van der Waals surface area contributed by atoms with Crippen molar-refractivity contribution in [2.24, 2.45) is 0 Å². The van der Waals surface area contributed by atoms with E-state index in [0.29, 0.717) is 5.92 Å². The number of aromatic nitrogens is 2. The van der Waals surface area contributed by atoms with Crippen molar-refractivity contribution in [3.05, 3.63) is 40.6 Å². The van der Waals surface area contributed by atoms with E-state index in [2.05, 4.69) is 38.6 Å². The Labute approximate surface area is 112 Å². The lowest BCUT2D eigenvalue weighted by molar-refractivity contribution is 0.439. The number of hydrogen-bond acceptors (Lipinski definition) is 3. The molecule has 0 amide bonds. The fourth-order valence-corrected chi connectivity index (χ4v) is 3.36. The minimum Gasteiger partial charge on any atom is -0.334 e. The van der Waals surface area contributed by atoms with Crippen LogP contribution in [0.25, 0.3) is 0 Å². The van der Waals surface area contributed by atoms with Gasteiger partial charge in [-0.15, -0.1) is 11.3 Å². The smallest absolute Gasteiger partial charge is 0.0948 e. The van der Waals surface area contributed by atoms with Crippen LogP contribution in [0.1, 0.15) is 29.3 Å². The van der Waals surface area contributed by atoms with Gasteiger partial charge in [0.1, 0.15) is 0 Å². The van der Waals surface area contributed by atoms with Crippen molar-refractivity contribution < 1.29 is 0 Å². The molecule has 2 aromatic rings. The summed E-state index contributed by atoms with van der Waals surface area (Å²) in [5.41, 5.74) is 1.42. The maximum atomic E-state index is 4.34. The Bertz CT molecular complexity index is 469. The Balaban J connectivity index is 1.67. The summed E-state index contributed by atoms with van der Waals surface area (Å²) in [6.45, 7) is 3.33. The van der Waals surface area contributed by atoms with Crippen LogP contribution in [0, 0.1) is 0 Å². The molecule has 1 fully saturated rings. The first kappa shape index (κ1) is 11.9. The van der Waals surface area contributed by atoms with Crippen LogP contribution in [-0.2, 0) is 13.0 Å². The lowest BCUT2D eigenvalue weighted by atomic mass is 9.95. The van der Waals surface area contributed by atoms with E-state index in [-0.39, 0.29) is 0 Å². The van der Waals surface area contributed by atoms with Crippen molar-refractivity contribution >= 4 is 11.3 Å². The van der Waals surface area contributed by atoms with Crippen molar-refractivity contribution in [3.8, 4) is 0 Å². The quantitative estimate of drug-likeness (QED) is 0.917. The highest BCUT2D eigenvalue weighted by Gasteiger charge is 2.18. The van der Waals surface area contributed by atoms with E-state index in [1.165, 1.54) is 23.4 Å². The summed E-state index contributed by atoms with van der Waals surface area (Å²) in [5.74, 6) is 0.692. The van der Waals surface area contributed by atoms with Crippen LogP contribution >= 0.6 is 11.3 Å². The zero-order valence-corrected chi connectivity index (χ0v) is 11.3. The zero-order chi connectivity index (χ0) is 12.2. The Morgan fingerprint density at radius 3 is 3.06 bits per heavy atom. The van der Waals surface area contributed by atoms with Crippen LogP contribution < -0.4 is 5.32 Å². The molecular weight excluding hydrogens is 242 g/mol. The van der Waals surface area contributed by atoms with Gasteiger partial charge in [0.2, 0.25) is 0 Å². The first-order valence-electron chi connectivity index (χ1n) is 6.66. The van der Waals surface area contributed by atoms with Gasteiger partial charge < -0.3 is 9.88 Å². The molecule has 0 unspecified atom stereocenters. The highest BCUT2D eigenvalue weighted by Crippen LogP contribution is 2.25. The molecule has 4 heteroatoms. The largest absolute Gasteiger partial charge is 0.334 e. The SMILES string of the molecule is c1csc(CCn2cncc2C2CCNCC2)c1. The zero-order valence-electron chi connectivity index (χ0n) is 10.5. The number of thiophene rings is 1. The molecule has 2 aromatic heterocycles. The van der Waals surface area contributed by atoms with Gasteiger partial charge in [0.25, 0.3) is 0 Å². The van der Waals surface area contributed by atoms with E-state index in [1.54, 1.807) is 0 Å². The molecule has 0 atom stereocenters. The summed E-state index contributed by atoms with van der Waals surface area (Å²) in [4.78, 5) is 5.80. The van der Waals surface area contributed by atoms with Gasteiger partial charge in [-0.3, -0.25) is 0 Å². The third-order valence-corrected chi connectivity index (χ3v) is 4.62. The van der Waals surface area contributed by atoms with E-state index in [4.69, 9.17) is 0 Å². The number of rotatable bonds is 4. The van der Waals surface area contributed by atoms with Gasteiger partial charge in [-0.25, -0.2) is 4.98 Å². The Hall–Kier alpha value is -1.13. The molecule has 1 aliphatic rings. The van der Waals surface area contributed by atoms with Crippen LogP contribution in [0.15, 0.2) is 30.0 Å². The van der Waals surface area contributed by atoms with Gasteiger partial charge in [0, 0.05) is 29.2 Å². The molecule has 0 bridgehead atoms. The molecule has 3 rings (SSSR count). The molecule has 1 N–H and O–H groups in total. The van der Waals surface area contributed by atoms with E-state index < -0.39 is 0 Å². The molecule has 1 aliphatic heterocycles. The molecule has 3 heterocycles. The average Bonchev–Trinajstić information content (AvgIpc) is 3.09. The normalized spacial score (nSPS) is 17.1. The number of aryl methyl sites for hydroxylation is 2. The number of nitrogens with one attached hydrogen (secondary N) is 1. The van der Waals surface area contributed by atoms with Crippen molar-refractivity contribution in [1.29, 1.82) is 0 Å². The third kappa shape index (κ3) is 2.65. The van der Waals surface area contributed by atoms with Gasteiger partial charge in [-0.1, -0.05) is 6.07 Å². The van der Waals surface area contributed by atoms with Crippen LogP contribution in [0.2, 0.25) is 0 Å².